The number of carbonyl (C=O) groups excluding carboxylic acids is 2. The highest BCUT2D eigenvalue weighted by Crippen LogP contribution is 2.28. The van der Waals surface area contributed by atoms with Gasteiger partial charge in [0.2, 0.25) is 0 Å². The van der Waals surface area contributed by atoms with Crippen molar-refractivity contribution in [1.29, 1.82) is 0 Å². The molecule has 0 spiro atoms. The Morgan fingerprint density at radius 1 is 1.32 bits per heavy atom. The minimum atomic E-state index is -0.851. The number of non-ortho nitro benzene ring substituents is 1. The molecule has 8 heteroatoms. The molecule has 1 rings (SSSR count). The molecule has 1 aromatic carbocycles. The van der Waals surface area contributed by atoms with Crippen molar-refractivity contribution in [3.05, 3.63) is 28.3 Å². The molecular weight excluding hydrogens is 290 g/mol. The van der Waals surface area contributed by atoms with Gasteiger partial charge in [0.1, 0.15) is 5.75 Å². The molecule has 2 amide bonds. The molecule has 0 unspecified atom stereocenters. The standard InChI is InChI=1S/C14H19N3O5/c1-9(2)6-7-15-13(18)14(19)16-11-5-4-10(17(20)21)8-12(11)22-3/h4-5,8-9H,6-7H2,1-3H3,(H,15,18)(H,16,19). The third-order valence-corrected chi connectivity index (χ3v) is 2.86. The normalized spacial score (nSPS) is 10.2. The summed E-state index contributed by atoms with van der Waals surface area (Å²) in [7, 11) is 1.32. The Labute approximate surface area is 128 Å². The van der Waals surface area contributed by atoms with Crippen LogP contribution in [0.2, 0.25) is 0 Å². The topological polar surface area (TPSA) is 111 Å². The van der Waals surface area contributed by atoms with Gasteiger partial charge in [0.25, 0.3) is 5.69 Å². The minimum absolute atomic E-state index is 0.109. The first-order valence-corrected chi connectivity index (χ1v) is 6.76. The maximum Gasteiger partial charge on any atom is 0.313 e. The first-order chi connectivity index (χ1) is 10.3. The van der Waals surface area contributed by atoms with Crippen LogP contribution in [0.25, 0.3) is 0 Å². The Morgan fingerprint density at radius 3 is 2.55 bits per heavy atom. The average molecular weight is 309 g/mol. The van der Waals surface area contributed by atoms with E-state index < -0.39 is 16.7 Å². The summed E-state index contributed by atoms with van der Waals surface area (Å²) < 4.78 is 4.98. The zero-order valence-corrected chi connectivity index (χ0v) is 12.7. The molecule has 0 aliphatic heterocycles. The van der Waals surface area contributed by atoms with Crippen molar-refractivity contribution in [1.82, 2.24) is 5.32 Å². The summed E-state index contributed by atoms with van der Waals surface area (Å²) in [6, 6.07) is 3.71. The van der Waals surface area contributed by atoms with Crippen molar-refractivity contribution in [3.63, 3.8) is 0 Å². The number of hydrogen-bond acceptors (Lipinski definition) is 5. The number of hydrogen-bond donors (Lipinski definition) is 2. The largest absolute Gasteiger partial charge is 0.494 e. The SMILES string of the molecule is COc1cc([N+](=O)[O-])ccc1NC(=O)C(=O)NCCC(C)C. The lowest BCUT2D eigenvalue weighted by atomic mass is 10.1. The van der Waals surface area contributed by atoms with Gasteiger partial charge in [-0.1, -0.05) is 13.8 Å². The monoisotopic (exact) mass is 309 g/mol. The van der Waals surface area contributed by atoms with Crippen LogP contribution >= 0.6 is 0 Å². The molecular formula is C14H19N3O5. The molecule has 1 aromatic rings. The number of anilines is 1. The highest BCUT2D eigenvalue weighted by molar-refractivity contribution is 6.39. The summed E-state index contributed by atoms with van der Waals surface area (Å²) in [6.45, 7) is 4.42. The summed E-state index contributed by atoms with van der Waals surface area (Å²) in [5.41, 5.74) is 0.0216. The summed E-state index contributed by atoms with van der Waals surface area (Å²) in [6.07, 6.45) is 0.764. The maximum atomic E-state index is 11.8. The molecule has 0 fully saturated rings. The van der Waals surface area contributed by atoms with E-state index in [0.717, 1.165) is 6.42 Å². The molecule has 22 heavy (non-hydrogen) atoms. The van der Waals surface area contributed by atoms with Crippen LogP contribution in [0.1, 0.15) is 20.3 Å². The van der Waals surface area contributed by atoms with E-state index in [4.69, 9.17) is 4.74 Å². The first kappa shape index (κ1) is 17.4. The lowest BCUT2D eigenvalue weighted by molar-refractivity contribution is -0.384. The third-order valence-electron chi connectivity index (χ3n) is 2.86. The van der Waals surface area contributed by atoms with Gasteiger partial charge in [-0.25, -0.2) is 0 Å². The van der Waals surface area contributed by atoms with E-state index in [0.29, 0.717) is 12.5 Å². The highest BCUT2D eigenvalue weighted by atomic mass is 16.6. The smallest absolute Gasteiger partial charge is 0.313 e. The molecule has 0 aromatic heterocycles. The predicted molar refractivity (Wildman–Crippen MR) is 80.7 cm³/mol. The average Bonchev–Trinajstić information content (AvgIpc) is 2.46. The number of benzene rings is 1. The van der Waals surface area contributed by atoms with Crippen LogP contribution in [-0.2, 0) is 9.59 Å². The van der Waals surface area contributed by atoms with E-state index in [2.05, 4.69) is 10.6 Å². The second kappa shape index (κ2) is 7.96. The number of methoxy groups -OCH3 is 1. The highest BCUT2D eigenvalue weighted by Gasteiger charge is 2.17. The maximum absolute atomic E-state index is 11.8. The lowest BCUT2D eigenvalue weighted by Crippen LogP contribution is -2.36. The quantitative estimate of drug-likeness (QED) is 0.472. The van der Waals surface area contributed by atoms with E-state index in [1.165, 1.54) is 25.3 Å². The van der Waals surface area contributed by atoms with Gasteiger partial charge >= 0.3 is 11.8 Å². The fraction of sp³-hybridized carbons (Fsp3) is 0.429. The van der Waals surface area contributed by atoms with Crippen molar-refractivity contribution < 1.29 is 19.2 Å². The van der Waals surface area contributed by atoms with Gasteiger partial charge in [-0.2, -0.15) is 0 Å². The van der Waals surface area contributed by atoms with Crippen molar-refractivity contribution >= 4 is 23.2 Å². The van der Waals surface area contributed by atoms with Gasteiger partial charge < -0.3 is 15.4 Å². The van der Waals surface area contributed by atoms with Crippen LogP contribution in [0.15, 0.2) is 18.2 Å². The van der Waals surface area contributed by atoms with Gasteiger partial charge in [0.15, 0.2) is 0 Å². The number of nitro benzene ring substituents is 1. The molecule has 120 valence electrons. The summed E-state index contributed by atoms with van der Waals surface area (Å²) in [5, 5.41) is 15.6. The van der Waals surface area contributed by atoms with E-state index in [-0.39, 0.29) is 17.1 Å². The molecule has 0 radical (unpaired) electrons. The number of rotatable bonds is 6. The number of nitro groups is 1. The zero-order chi connectivity index (χ0) is 16.7. The summed E-state index contributed by atoms with van der Waals surface area (Å²) >= 11 is 0. The second-order valence-corrected chi connectivity index (χ2v) is 5.03. The number of carbonyl (C=O) groups is 2. The lowest BCUT2D eigenvalue weighted by Gasteiger charge is -2.10. The van der Waals surface area contributed by atoms with Crippen LogP contribution in [0, 0.1) is 16.0 Å². The summed E-state index contributed by atoms with van der Waals surface area (Å²) in [4.78, 5) is 33.5. The van der Waals surface area contributed by atoms with Crippen molar-refractivity contribution in [2.75, 3.05) is 19.0 Å². The van der Waals surface area contributed by atoms with E-state index >= 15 is 0 Å². The molecule has 0 bridgehead atoms. The third kappa shape index (κ3) is 5.04. The fourth-order valence-electron chi connectivity index (χ4n) is 1.63. The second-order valence-electron chi connectivity index (χ2n) is 5.03. The van der Waals surface area contributed by atoms with Crippen LogP contribution in [0.3, 0.4) is 0 Å². The molecule has 0 aliphatic rings. The van der Waals surface area contributed by atoms with E-state index in [1.807, 2.05) is 13.8 Å². The molecule has 0 heterocycles. The Bertz CT molecular complexity index is 572. The minimum Gasteiger partial charge on any atom is -0.494 e. The van der Waals surface area contributed by atoms with Crippen LogP contribution in [0.5, 0.6) is 5.75 Å². The predicted octanol–water partition coefficient (Wildman–Crippen LogP) is 1.70. The van der Waals surface area contributed by atoms with Crippen molar-refractivity contribution in [3.8, 4) is 5.75 Å². The molecule has 0 saturated carbocycles. The Morgan fingerprint density at radius 2 is 2.00 bits per heavy atom. The Kier molecular flexibility index (Phi) is 6.30. The number of nitrogens with one attached hydrogen (secondary N) is 2. The van der Waals surface area contributed by atoms with E-state index in [9.17, 15) is 19.7 Å². The number of ether oxygens (including phenoxy) is 1. The van der Waals surface area contributed by atoms with Gasteiger partial charge in [-0.05, 0) is 18.4 Å². The van der Waals surface area contributed by atoms with Gasteiger partial charge in [-0.3, -0.25) is 19.7 Å². The molecule has 8 nitrogen and oxygen atoms in total. The Hall–Kier alpha value is -2.64. The summed E-state index contributed by atoms with van der Waals surface area (Å²) in [5.74, 6) is -1.09. The van der Waals surface area contributed by atoms with Gasteiger partial charge in [-0.15, -0.1) is 0 Å². The van der Waals surface area contributed by atoms with Crippen molar-refractivity contribution in [2.45, 2.75) is 20.3 Å². The van der Waals surface area contributed by atoms with Crippen molar-refractivity contribution in [2.24, 2.45) is 5.92 Å². The number of amides is 2. The zero-order valence-electron chi connectivity index (χ0n) is 12.7. The first-order valence-electron chi connectivity index (χ1n) is 6.76. The molecule has 2 N–H and O–H groups in total. The van der Waals surface area contributed by atoms with Crippen LogP contribution < -0.4 is 15.4 Å². The van der Waals surface area contributed by atoms with Gasteiger partial charge in [0.05, 0.1) is 23.8 Å². The molecule has 0 atom stereocenters. The molecule has 0 aliphatic carbocycles. The van der Waals surface area contributed by atoms with E-state index in [1.54, 1.807) is 0 Å². The van der Waals surface area contributed by atoms with Crippen LogP contribution in [0.4, 0.5) is 11.4 Å². The number of nitrogens with zero attached hydrogens (tertiary/aromatic N) is 1. The fourth-order valence-corrected chi connectivity index (χ4v) is 1.63. The van der Waals surface area contributed by atoms with Gasteiger partial charge in [0, 0.05) is 12.6 Å². The Balaban J connectivity index is 2.71. The molecule has 0 saturated heterocycles. The van der Waals surface area contributed by atoms with Crippen LogP contribution in [-0.4, -0.2) is 30.4 Å².